The number of nitrogens with zero attached hydrogens (tertiary/aromatic N) is 3. The van der Waals surface area contributed by atoms with Crippen LogP contribution in [0.4, 0.5) is 19.1 Å². The summed E-state index contributed by atoms with van der Waals surface area (Å²) in [4.78, 5) is 9.48. The fourth-order valence-electron chi connectivity index (χ4n) is 2.02. The van der Waals surface area contributed by atoms with E-state index < -0.39 is 11.9 Å². The van der Waals surface area contributed by atoms with Gasteiger partial charge in [0.25, 0.3) is 0 Å². The number of halogens is 4. The van der Waals surface area contributed by atoms with E-state index in [1.165, 1.54) is 0 Å². The minimum Gasteiger partial charge on any atom is -0.338 e. The molecule has 0 spiro atoms. The van der Waals surface area contributed by atoms with Crippen LogP contribution in [0.25, 0.3) is 0 Å². The van der Waals surface area contributed by atoms with E-state index in [0.29, 0.717) is 18.8 Å². The molecule has 0 radical (unpaired) electrons. The maximum atomic E-state index is 12.7. The van der Waals surface area contributed by atoms with Crippen molar-refractivity contribution >= 4 is 17.5 Å². The lowest BCUT2D eigenvalue weighted by Crippen LogP contribution is -2.42. The van der Waals surface area contributed by atoms with Crippen LogP contribution in [0, 0.1) is 0 Å². The fourth-order valence-corrected chi connectivity index (χ4v) is 2.14. The fraction of sp³-hybridized carbons (Fsp3) is 0.667. The first-order valence-corrected chi connectivity index (χ1v) is 6.78. The summed E-state index contributed by atoms with van der Waals surface area (Å²) in [7, 11) is 0. The molecule has 7 heteroatoms. The molecule has 0 aliphatic heterocycles. The highest BCUT2D eigenvalue weighted by Gasteiger charge is 2.34. The lowest BCUT2D eigenvalue weighted by molar-refractivity contribution is -0.141. The highest BCUT2D eigenvalue weighted by Crippen LogP contribution is 2.31. The van der Waals surface area contributed by atoms with Gasteiger partial charge in [-0.2, -0.15) is 13.2 Å². The van der Waals surface area contributed by atoms with Crippen LogP contribution in [-0.4, -0.2) is 28.4 Å². The first-order valence-electron chi connectivity index (χ1n) is 6.25. The molecule has 19 heavy (non-hydrogen) atoms. The van der Waals surface area contributed by atoms with Gasteiger partial charge in [0.1, 0.15) is 5.69 Å². The molecule has 0 saturated heterocycles. The third kappa shape index (κ3) is 3.49. The van der Waals surface area contributed by atoms with Crippen molar-refractivity contribution in [3.63, 3.8) is 0 Å². The summed E-state index contributed by atoms with van der Waals surface area (Å²) in [6.45, 7) is 0.593. The van der Waals surface area contributed by atoms with Gasteiger partial charge in [-0.05, 0) is 31.7 Å². The molecule has 0 bridgehead atoms. The van der Waals surface area contributed by atoms with Crippen molar-refractivity contribution in [2.24, 2.45) is 0 Å². The Morgan fingerprint density at radius 1 is 1.37 bits per heavy atom. The summed E-state index contributed by atoms with van der Waals surface area (Å²) in [5.41, 5.74) is -0.896. The second-order valence-corrected chi connectivity index (χ2v) is 4.94. The lowest BCUT2D eigenvalue weighted by Gasteiger charge is -2.37. The number of alkyl halides is 4. The second-order valence-electron chi connectivity index (χ2n) is 4.56. The summed E-state index contributed by atoms with van der Waals surface area (Å²) in [6.07, 6.45) is 0.482. The molecule has 1 saturated carbocycles. The maximum Gasteiger partial charge on any atom is 0.433 e. The van der Waals surface area contributed by atoms with Crippen molar-refractivity contribution in [1.29, 1.82) is 0 Å². The van der Waals surface area contributed by atoms with E-state index in [0.717, 1.165) is 31.5 Å². The summed E-state index contributed by atoms with van der Waals surface area (Å²) in [5, 5.41) is 0. The van der Waals surface area contributed by atoms with Gasteiger partial charge in [0.15, 0.2) is 0 Å². The molecule has 0 unspecified atom stereocenters. The lowest BCUT2D eigenvalue weighted by atomic mass is 9.91. The van der Waals surface area contributed by atoms with Gasteiger partial charge in [-0.1, -0.05) is 0 Å². The smallest absolute Gasteiger partial charge is 0.338 e. The van der Waals surface area contributed by atoms with Gasteiger partial charge < -0.3 is 4.90 Å². The Hall–Kier alpha value is -1.04. The summed E-state index contributed by atoms with van der Waals surface area (Å²) >= 11 is 5.66. The summed E-state index contributed by atoms with van der Waals surface area (Å²) < 4.78 is 38.0. The van der Waals surface area contributed by atoms with Gasteiger partial charge in [0.2, 0.25) is 5.95 Å². The summed E-state index contributed by atoms with van der Waals surface area (Å²) in [6, 6.07) is 1.14. The Kier molecular flexibility index (Phi) is 4.50. The van der Waals surface area contributed by atoms with Crippen LogP contribution in [-0.2, 0) is 6.18 Å². The first-order chi connectivity index (χ1) is 9.02. The van der Waals surface area contributed by atoms with Crippen molar-refractivity contribution in [1.82, 2.24) is 9.97 Å². The molecule has 1 aliphatic rings. The van der Waals surface area contributed by atoms with Crippen molar-refractivity contribution in [2.75, 3.05) is 17.3 Å². The largest absolute Gasteiger partial charge is 0.433 e. The van der Waals surface area contributed by atoms with Crippen LogP contribution < -0.4 is 4.90 Å². The average Bonchev–Trinajstić information content (AvgIpc) is 2.31. The molecule has 1 fully saturated rings. The molecule has 1 aromatic heterocycles. The van der Waals surface area contributed by atoms with Crippen molar-refractivity contribution in [3.8, 4) is 0 Å². The van der Waals surface area contributed by atoms with Crippen molar-refractivity contribution < 1.29 is 13.2 Å². The van der Waals surface area contributed by atoms with Crippen LogP contribution in [0.5, 0.6) is 0 Å². The highest BCUT2D eigenvalue weighted by atomic mass is 35.5. The second kappa shape index (κ2) is 5.94. The minimum absolute atomic E-state index is 0.157. The number of rotatable bonds is 5. The Bertz CT molecular complexity index is 421. The number of hydrogen-bond donors (Lipinski definition) is 0. The molecule has 1 heterocycles. The van der Waals surface area contributed by atoms with Crippen molar-refractivity contribution in [2.45, 2.75) is 37.9 Å². The third-order valence-electron chi connectivity index (χ3n) is 3.24. The number of aromatic nitrogens is 2. The molecule has 1 aliphatic carbocycles. The van der Waals surface area contributed by atoms with E-state index in [4.69, 9.17) is 11.6 Å². The Labute approximate surface area is 114 Å². The van der Waals surface area contributed by atoms with E-state index in [1.54, 1.807) is 0 Å². The zero-order valence-corrected chi connectivity index (χ0v) is 11.1. The number of hydrogen-bond acceptors (Lipinski definition) is 3. The normalized spacial score (nSPS) is 16.2. The monoisotopic (exact) mass is 293 g/mol. The molecule has 0 amide bonds. The SMILES string of the molecule is FC(F)(F)c1ccnc(N(CCCCl)C2CCC2)n1. The Balaban J connectivity index is 2.20. The first kappa shape index (κ1) is 14.4. The quantitative estimate of drug-likeness (QED) is 0.778. The Morgan fingerprint density at radius 2 is 2.11 bits per heavy atom. The average molecular weight is 294 g/mol. The van der Waals surface area contributed by atoms with Crippen LogP contribution >= 0.6 is 11.6 Å². The highest BCUT2D eigenvalue weighted by molar-refractivity contribution is 6.17. The van der Waals surface area contributed by atoms with Gasteiger partial charge in [0, 0.05) is 24.7 Å². The third-order valence-corrected chi connectivity index (χ3v) is 3.51. The van der Waals surface area contributed by atoms with Crippen LogP contribution in [0.2, 0.25) is 0 Å². The van der Waals surface area contributed by atoms with Gasteiger partial charge >= 0.3 is 6.18 Å². The molecule has 0 N–H and O–H groups in total. The Morgan fingerprint density at radius 3 is 2.63 bits per heavy atom. The molecular formula is C12H15ClF3N3. The van der Waals surface area contributed by atoms with E-state index in [-0.39, 0.29) is 12.0 Å². The molecule has 106 valence electrons. The molecule has 1 aromatic rings. The van der Waals surface area contributed by atoms with Gasteiger partial charge in [-0.3, -0.25) is 0 Å². The van der Waals surface area contributed by atoms with Crippen LogP contribution in [0.15, 0.2) is 12.3 Å². The number of anilines is 1. The molecule has 0 atom stereocenters. The van der Waals surface area contributed by atoms with Crippen LogP contribution in [0.3, 0.4) is 0 Å². The molecular weight excluding hydrogens is 279 g/mol. The predicted octanol–water partition coefficient (Wildman–Crippen LogP) is 3.48. The van der Waals surface area contributed by atoms with Crippen LogP contribution in [0.1, 0.15) is 31.4 Å². The van der Waals surface area contributed by atoms with Gasteiger partial charge in [-0.15, -0.1) is 11.6 Å². The predicted molar refractivity (Wildman–Crippen MR) is 67.4 cm³/mol. The zero-order valence-electron chi connectivity index (χ0n) is 10.3. The van der Waals surface area contributed by atoms with Gasteiger partial charge in [0.05, 0.1) is 0 Å². The molecule has 2 rings (SSSR count). The van der Waals surface area contributed by atoms with Crippen molar-refractivity contribution in [3.05, 3.63) is 18.0 Å². The maximum absolute atomic E-state index is 12.7. The van der Waals surface area contributed by atoms with E-state index in [9.17, 15) is 13.2 Å². The molecule has 3 nitrogen and oxygen atoms in total. The summed E-state index contributed by atoms with van der Waals surface area (Å²) in [5.74, 6) is 0.631. The molecule has 0 aromatic carbocycles. The standard InChI is InChI=1S/C12H15ClF3N3/c13-6-2-8-19(9-3-1-4-9)11-17-7-5-10(18-11)12(14,15)16/h5,7,9H,1-4,6,8H2. The zero-order chi connectivity index (χ0) is 13.9. The van der Waals surface area contributed by atoms with E-state index in [2.05, 4.69) is 9.97 Å². The van der Waals surface area contributed by atoms with Gasteiger partial charge in [-0.25, -0.2) is 9.97 Å². The van der Waals surface area contributed by atoms with E-state index in [1.807, 2.05) is 4.90 Å². The van der Waals surface area contributed by atoms with E-state index >= 15 is 0 Å². The topological polar surface area (TPSA) is 29.0 Å². The minimum atomic E-state index is -4.44.